The number of carbonyl (C=O) groups excluding carboxylic acids is 2. The van der Waals surface area contributed by atoms with Gasteiger partial charge in [0.15, 0.2) is 5.17 Å². The van der Waals surface area contributed by atoms with Gasteiger partial charge in [0.2, 0.25) is 5.91 Å². The van der Waals surface area contributed by atoms with Crippen LogP contribution < -0.4 is 4.90 Å². The minimum atomic E-state index is -0.550. The second-order valence-electron chi connectivity index (χ2n) is 7.07. The third-order valence-electron chi connectivity index (χ3n) is 4.95. The minimum absolute atomic E-state index is 0.0203. The number of thioether (sulfide) groups is 1. The van der Waals surface area contributed by atoms with E-state index in [9.17, 15) is 14.0 Å². The van der Waals surface area contributed by atoms with Crippen LogP contribution in [0.4, 0.5) is 10.1 Å². The zero-order valence-corrected chi connectivity index (χ0v) is 18.7. The van der Waals surface area contributed by atoms with Gasteiger partial charge in [0.05, 0.1) is 21.5 Å². The molecule has 1 fully saturated rings. The van der Waals surface area contributed by atoms with Crippen molar-refractivity contribution in [2.24, 2.45) is 4.99 Å². The largest absolute Gasteiger partial charge is 0.342 e. The molecule has 2 amide bonds. The summed E-state index contributed by atoms with van der Waals surface area (Å²) in [5.41, 5.74) is 0.844. The normalized spacial score (nSPS) is 17.6. The van der Waals surface area contributed by atoms with Gasteiger partial charge in [0.1, 0.15) is 11.5 Å². The van der Waals surface area contributed by atoms with E-state index in [2.05, 4.69) is 4.99 Å². The van der Waals surface area contributed by atoms with Crippen LogP contribution in [0.2, 0.25) is 10.0 Å². The summed E-state index contributed by atoms with van der Waals surface area (Å²) in [6, 6.07) is 10.9. The third kappa shape index (κ3) is 4.79. The van der Waals surface area contributed by atoms with Crippen LogP contribution in [-0.4, -0.2) is 40.7 Å². The van der Waals surface area contributed by atoms with Crippen molar-refractivity contribution in [2.45, 2.75) is 12.8 Å². The fourth-order valence-electron chi connectivity index (χ4n) is 3.38. The number of hydrogen-bond acceptors (Lipinski definition) is 4. The van der Waals surface area contributed by atoms with E-state index >= 15 is 0 Å². The first-order chi connectivity index (χ1) is 14.9. The second kappa shape index (κ2) is 9.42. The predicted molar refractivity (Wildman–Crippen MR) is 124 cm³/mol. The molecule has 0 saturated carbocycles. The Morgan fingerprint density at radius 1 is 1.13 bits per heavy atom. The van der Waals surface area contributed by atoms with E-state index in [0.717, 1.165) is 37.7 Å². The summed E-state index contributed by atoms with van der Waals surface area (Å²) in [4.78, 5) is 33.0. The van der Waals surface area contributed by atoms with E-state index in [1.54, 1.807) is 41.3 Å². The Balaban J connectivity index is 1.64. The number of carbonyl (C=O) groups is 2. The van der Waals surface area contributed by atoms with Crippen LogP contribution in [-0.2, 0) is 9.59 Å². The number of hydrogen-bond donors (Lipinski definition) is 0. The molecule has 2 heterocycles. The molecule has 2 aliphatic heterocycles. The molecule has 2 aromatic carbocycles. The number of nitrogens with zero attached hydrogens (tertiary/aromatic N) is 3. The molecule has 0 atom stereocenters. The Morgan fingerprint density at radius 2 is 1.87 bits per heavy atom. The smallest absolute Gasteiger partial charge is 0.283 e. The van der Waals surface area contributed by atoms with Gasteiger partial charge in [0.25, 0.3) is 5.91 Å². The molecule has 9 heteroatoms. The lowest BCUT2D eigenvalue weighted by Crippen LogP contribution is -2.33. The second-order valence-corrected chi connectivity index (χ2v) is 8.82. The Hall–Kier alpha value is -2.35. The van der Waals surface area contributed by atoms with E-state index < -0.39 is 11.7 Å². The van der Waals surface area contributed by atoms with Crippen LogP contribution in [0.1, 0.15) is 18.4 Å². The monoisotopic (exact) mass is 477 g/mol. The zero-order valence-electron chi connectivity index (χ0n) is 16.4. The van der Waals surface area contributed by atoms with E-state index in [-0.39, 0.29) is 28.2 Å². The average molecular weight is 478 g/mol. The number of amidine groups is 1. The number of benzene rings is 2. The fourth-order valence-corrected chi connectivity index (χ4v) is 4.60. The molecule has 31 heavy (non-hydrogen) atoms. The number of aliphatic imine (C=N–C) groups is 1. The van der Waals surface area contributed by atoms with Crippen molar-refractivity contribution in [2.75, 3.05) is 23.7 Å². The van der Waals surface area contributed by atoms with Crippen LogP contribution >= 0.6 is 35.0 Å². The SMILES string of the molecule is O=C(CSC1=NC(=Cc2ccc(Cl)c(Cl)c2)C(=O)N1c1ccccc1F)N1CCCC1. The maximum atomic E-state index is 14.5. The molecule has 0 N–H and O–H groups in total. The van der Waals surface area contributed by atoms with E-state index in [4.69, 9.17) is 23.2 Å². The van der Waals surface area contributed by atoms with Crippen molar-refractivity contribution < 1.29 is 14.0 Å². The molecule has 2 aromatic rings. The van der Waals surface area contributed by atoms with Crippen molar-refractivity contribution >= 4 is 63.7 Å². The molecule has 5 nitrogen and oxygen atoms in total. The number of likely N-dealkylation sites (tertiary alicyclic amines) is 1. The summed E-state index contributed by atoms with van der Waals surface area (Å²) >= 11 is 13.1. The zero-order chi connectivity index (χ0) is 22.0. The van der Waals surface area contributed by atoms with Gasteiger partial charge in [-0.2, -0.15) is 0 Å². The summed E-state index contributed by atoms with van der Waals surface area (Å²) < 4.78 is 14.5. The van der Waals surface area contributed by atoms with Gasteiger partial charge in [-0.05, 0) is 48.7 Å². The maximum absolute atomic E-state index is 14.5. The first-order valence-electron chi connectivity index (χ1n) is 9.69. The van der Waals surface area contributed by atoms with Gasteiger partial charge >= 0.3 is 0 Å². The van der Waals surface area contributed by atoms with Gasteiger partial charge in [-0.15, -0.1) is 0 Å². The summed E-state index contributed by atoms with van der Waals surface area (Å²) in [5, 5.41) is 1.01. The first-order valence-corrected chi connectivity index (χ1v) is 11.4. The first kappa shape index (κ1) is 21.9. The van der Waals surface area contributed by atoms with Crippen molar-refractivity contribution in [1.29, 1.82) is 0 Å². The van der Waals surface area contributed by atoms with E-state index in [1.165, 1.54) is 17.0 Å². The van der Waals surface area contributed by atoms with Crippen molar-refractivity contribution in [3.63, 3.8) is 0 Å². The molecular weight excluding hydrogens is 460 g/mol. The standard InChI is InChI=1S/C22H18Cl2FN3O2S/c23-15-8-7-14(11-16(15)24)12-18-21(30)28(19-6-2-1-5-17(19)25)22(26-18)31-13-20(29)27-9-3-4-10-27/h1-2,5-8,11-12H,3-4,9-10,13H2. The van der Waals surface area contributed by atoms with Gasteiger partial charge in [-0.25, -0.2) is 9.38 Å². The van der Waals surface area contributed by atoms with Gasteiger partial charge < -0.3 is 4.90 Å². The molecular formula is C22H18Cl2FN3O2S. The molecule has 0 aliphatic carbocycles. The van der Waals surface area contributed by atoms with Gasteiger partial charge in [-0.1, -0.05) is 53.2 Å². The van der Waals surface area contributed by atoms with Gasteiger partial charge in [0, 0.05) is 13.1 Å². The highest BCUT2D eigenvalue weighted by Gasteiger charge is 2.34. The van der Waals surface area contributed by atoms with Crippen molar-refractivity contribution in [3.8, 4) is 0 Å². The van der Waals surface area contributed by atoms with Crippen molar-refractivity contribution in [3.05, 3.63) is 69.6 Å². The lowest BCUT2D eigenvalue weighted by atomic mass is 10.2. The van der Waals surface area contributed by atoms with Crippen LogP contribution in [0.3, 0.4) is 0 Å². The van der Waals surface area contributed by atoms with Crippen LogP contribution in [0, 0.1) is 5.82 Å². The maximum Gasteiger partial charge on any atom is 0.283 e. The summed E-state index contributed by atoms with van der Waals surface area (Å²) in [6.07, 6.45) is 3.55. The number of halogens is 3. The molecule has 2 aliphatic rings. The summed E-state index contributed by atoms with van der Waals surface area (Å²) in [6.45, 7) is 1.48. The van der Waals surface area contributed by atoms with Crippen LogP contribution in [0.5, 0.6) is 0 Å². The molecule has 0 radical (unpaired) electrons. The van der Waals surface area contributed by atoms with Crippen LogP contribution in [0.25, 0.3) is 6.08 Å². The number of rotatable bonds is 4. The third-order valence-corrected chi connectivity index (χ3v) is 6.62. The van der Waals surface area contributed by atoms with Crippen molar-refractivity contribution in [1.82, 2.24) is 4.90 Å². The Kier molecular flexibility index (Phi) is 6.65. The van der Waals surface area contributed by atoms with Crippen LogP contribution in [0.15, 0.2) is 53.2 Å². The highest BCUT2D eigenvalue weighted by Crippen LogP contribution is 2.32. The Bertz CT molecular complexity index is 1100. The summed E-state index contributed by atoms with van der Waals surface area (Å²) in [7, 11) is 0. The summed E-state index contributed by atoms with van der Waals surface area (Å²) in [5.74, 6) is -0.928. The Labute approximate surface area is 193 Å². The molecule has 0 aromatic heterocycles. The molecule has 0 unspecified atom stereocenters. The average Bonchev–Trinajstić information content (AvgIpc) is 3.39. The number of amides is 2. The minimum Gasteiger partial charge on any atom is -0.342 e. The molecule has 0 spiro atoms. The molecule has 160 valence electrons. The topological polar surface area (TPSA) is 53.0 Å². The predicted octanol–water partition coefficient (Wildman–Crippen LogP) is 5.23. The van der Waals surface area contributed by atoms with E-state index in [1.807, 2.05) is 0 Å². The quantitative estimate of drug-likeness (QED) is 0.566. The molecule has 1 saturated heterocycles. The molecule has 0 bridgehead atoms. The fraction of sp³-hybridized carbons (Fsp3) is 0.227. The Morgan fingerprint density at radius 3 is 2.58 bits per heavy atom. The lowest BCUT2D eigenvalue weighted by molar-refractivity contribution is -0.127. The number of para-hydroxylation sites is 1. The number of anilines is 1. The highest BCUT2D eigenvalue weighted by atomic mass is 35.5. The van der Waals surface area contributed by atoms with Gasteiger partial charge in [-0.3, -0.25) is 14.5 Å². The van der Waals surface area contributed by atoms with E-state index in [0.29, 0.717) is 15.6 Å². The molecule has 4 rings (SSSR count). The lowest BCUT2D eigenvalue weighted by Gasteiger charge is -2.19. The highest BCUT2D eigenvalue weighted by molar-refractivity contribution is 8.14.